The van der Waals surface area contributed by atoms with Gasteiger partial charge in [0.05, 0.1) is 11.4 Å². The first-order valence-corrected chi connectivity index (χ1v) is 11.0. The number of aryl methyl sites for hydroxylation is 1. The minimum absolute atomic E-state index is 0.786. The SMILES string of the molecule is Cc1nc(C2=CC=C(c3ccccc3)CC2)cc(-c2ccc3oc4ccccc4c3c2)n1. The molecule has 6 rings (SSSR count). The Kier molecular flexibility index (Phi) is 4.46. The minimum Gasteiger partial charge on any atom is -0.456 e. The second-order valence-corrected chi connectivity index (χ2v) is 8.24. The average molecular weight is 415 g/mol. The molecule has 1 aliphatic rings. The summed E-state index contributed by atoms with van der Waals surface area (Å²) < 4.78 is 5.98. The number of rotatable bonds is 3. The third-order valence-corrected chi connectivity index (χ3v) is 6.13. The molecule has 0 N–H and O–H groups in total. The van der Waals surface area contributed by atoms with Gasteiger partial charge in [-0.1, -0.05) is 60.7 Å². The highest BCUT2D eigenvalue weighted by molar-refractivity contribution is 6.06. The van der Waals surface area contributed by atoms with Crippen LogP contribution in [0, 0.1) is 6.92 Å². The molecule has 154 valence electrons. The lowest BCUT2D eigenvalue weighted by Crippen LogP contribution is -2.00. The van der Waals surface area contributed by atoms with Crippen LogP contribution in [0.1, 0.15) is 29.9 Å². The molecule has 0 saturated heterocycles. The number of benzene rings is 3. The second-order valence-electron chi connectivity index (χ2n) is 8.24. The lowest BCUT2D eigenvalue weighted by molar-refractivity contribution is 0.669. The fraction of sp³-hybridized carbons (Fsp3) is 0.103. The number of fused-ring (bicyclic) bond motifs is 3. The molecule has 1 aliphatic carbocycles. The summed E-state index contributed by atoms with van der Waals surface area (Å²) in [5.41, 5.74) is 8.76. The van der Waals surface area contributed by atoms with Gasteiger partial charge < -0.3 is 4.42 Å². The van der Waals surface area contributed by atoms with E-state index < -0.39 is 0 Å². The zero-order valence-electron chi connectivity index (χ0n) is 17.9. The molecule has 0 bridgehead atoms. The van der Waals surface area contributed by atoms with Crippen LogP contribution in [0.25, 0.3) is 44.3 Å². The summed E-state index contributed by atoms with van der Waals surface area (Å²) in [7, 11) is 0. The summed E-state index contributed by atoms with van der Waals surface area (Å²) in [5.74, 6) is 0.786. The Hall–Kier alpha value is -3.98. The molecule has 3 aromatic carbocycles. The van der Waals surface area contributed by atoms with E-state index in [9.17, 15) is 0 Å². The summed E-state index contributed by atoms with van der Waals surface area (Å²) in [6.07, 6.45) is 6.43. The van der Waals surface area contributed by atoms with Crippen LogP contribution in [0.5, 0.6) is 0 Å². The van der Waals surface area contributed by atoms with Crippen molar-refractivity contribution in [2.75, 3.05) is 0 Å². The third-order valence-electron chi connectivity index (χ3n) is 6.13. The Labute approximate surface area is 186 Å². The quantitative estimate of drug-likeness (QED) is 0.305. The van der Waals surface area contributed by atoms with E-state index in [0.29, 0.717) is 0 Å². The number of aromatic nitrogens is 2. The van der Waals surface area contributed by atoms with Crippen LogP contribution in [0.3, 0.4) is 0 Å². The monoisotopic (exact) mass is 414 g/mol. The molecule has 0 aliphatic heterocycles. The summed E-state index contributed by atoms with van der Waals surface area (Å²) in [6, 6.07) is 27.2. The van der Waals surface area contributed by atoms with Crippen molar-refractivity contribution in [3.63, 3.8) is 0 Å². The first-order valence-electron chi connectivity index (χ1n) is 11.0. The van der Waals surface area contributed by atoms with Crippen LogP contribution in [-0.4, -0.2) is 9.97 Å². The summed E-state index contributed by atoms with van der Waals surface area (Å²) in [5, 5.41) is 2.24. The van der Waals surface area contributed by atoms with E-state index in [1.807, 2.05) is 31.2 Å². The lowest BCUT2D eigenvalue weighted by atomic mass is 9.91. The van der Waals surface area contributed by atoms with Crippen molar-refractivity contribution in [2.45, 2.75) is 19.8 Å². The predicted molar refractivity (Wildman–Crippen MR) is 131 cm³/mol. The lowest BCUT2D eigenvalue weighted by Gasteiger charge is -2.16. The molecule has 2 aromatic heterocycles. The van der Waals surface area contributed by atoms with Crippen molar-refractivity contribution in [3.05, 3.63) is 108 Å². The molecule has 3 heteroatoms. The average Bonchev–Trinajstić information content (AvgIpc) is 3.22. The molecule has 0 unspecified atom stereocenters. The van der Waals surface area contributed by atoms with Crippen LogP contribution >= 0.6 is 0 Å². The van der Waals surface area contributed by atoms with Gasteiger partial charge in [0.15, 0.2) is 0 Å². The topological polar surface area (TPSA) is 38.9 Å². The number of para-hydroxylation sites is 1. The van der Waals surface area contributed by atoms with Gasteiger partial charge in [-0.15, -0.1) is 0 Å². The number of hydrogen-bond acceptors (Lipinski definition) is 3. The molecule has 0 radical (unpaired) electrons. The zero-order chi connectivity index (χ0) is 21.5. The fourth-order valence-corrected chi connectivity index (χ4v) is 4.51. The highest BCUT2D eigenvalue weighted by Gasteiger charge is 2.14. The van der Waals surface area contributed by atoms with E-state index in [1.165, 1.54) is 16.7 Å². The van der Waals surface area contributed by atoms with Crippen LogP contribution in [0.2, 0.25) is 0 Å². The molecule has 5 aromatic rings. The van der Waals surface area contributed by atoms with Gasteiger partial charge in [-0.2, -0.15) is 0 Å². The highest BCUT2D eigenvalue weighted by atomic mass is 16.3. The Morgan fingerprint density at radius 1 is 0.625 bits per heavy atom. The van der Waals surface area contributed by atoms with Gasteiger partial charge >= 0.3 is 0 Å². The van der Waals surface area contributed by atoms with Gasteiger partial charge in [0.1, 0.15) is 17.0 Å². The smallest absolute Gasteiger partial charge is 0.135 e. The molecule has 0 saturated carbocycles. The van der Waals surface area contributed by atoms with E-state index in [0.717, 1.165) is 57.6 Å². The van der Waals surface area contributed by atoms with Crippen molar-refractivity contribution in [1.29, 1.82) is 0 Å². The van der Waals surface area contributed by atoms with Gasteiger partial charge in [0, 0.05) is 16.3 Å². The van der Waals surface area contributed by atoms with Gasteiger partial charge in [-0.3, -0.25) is 0 Å². The maximum absolute atomic E-state index is 5.98. The number of nitrogens with zero attached hydrogens (tertiary/aromatic N) is 2. The standard InChI is InChI=1S/C29H22N2O/c1-19-30-26(22-13-11-21(12-14-22)20-7-3-2-4-8-20)18-27(31-19)23-15-16-29-25(17-23)24-9-5-6-10-28(24)32-29/h2-11,13,15-18H,12,14H2,1H3. The van der Waals surface area contributed by atoms with Crippen LogP contribution in [-0.2, 0) is 0 Å². The molecular formula is C29H22N2O. The van der Waals surface area contributed by atoms with Crippen molar-refractivity contribution in [1.82, 2.24) is 9.97 Å². The summed E-state index contributed by atoms with van der Waals surface area (Å²) in [4.78, 5) is 9.50. The van der Waals surface area contributed by atoms with Crippen LogP contribution < -0.4 is 0 Å². The number of allylic oxidation sites excluding steroid dienone is 4. The van der Waals surface area contributed by atoms with Crippen molar-refractivity contribution >= 4 is 33.1 Å². The molecule has 3 nitrogen and oxygen atoms in total. The number of furan rings is 1. The first-order chi connectivity index (χ1) is 15.7. The Morgan fingerprint density at radius 3 is 2.19 bits per heavy atom. The normalized spacial score (nSPS) is 13.9. The highest BCUT2D eigenvalue weighted by Crippen LogP contribution is 2.34. The molecule has 0 atom stereocenters. The largest absolute Gasteiger partial charge is 0.456 e. The van der Waals surface area contributed by atoms with Gasteiger partial charge in [-0.25, -0.2) is 9.97 Å². The van der Waals surface area contributed by atoms with E-state index in [-0.39, 0.29) is 0 Å². The predicted octanol–water partition coefficient (Wildman–Crippen LogP) is 7.61. The van der Waals surface area contributed by atoms with E-state index in [4.69, 9.17) is 14.4 Å². The zero-order valence-corrected chi connectivity index (χ0v) is 17.9. The van der Waals surface area contributed by atoms with Gasteiger partial charge in [0.25, 0.3) is 0 Å². The molecule has 0 spiro atoms. The molecule has 0 amide bonds. The summed E-state index contributed by atoms with van der Waals surface area (Å²) in [6.45, 7) is 1.97. The maximum Gasteiger partial charge on any atom is 0.135 e. The minimum atomic E-state index is 0.786. The molecule has 0 fully saturated rings. The molecule has 2 heterocycles. The second kappa shape index (κ2) is 7.61. The third kappa shape index (κ3) is 3.32. The molecular weight excluding hydrogens is 392 g/mol. The van der Waals surface area contributed by atoms with E-state index in [2.05, 4.69) is 66.7 Å². The van der Waals surface area contributed by atoms with Crippen molar-refractivity contribution in [2.24, 2.45) is 0 Å². The van der Waals surface area contributed by atoms with E-state index in [1.54, 1.807) is 0 Å². The Balaban J connectivity index is 1.40. The van der Waals surface area contributed by atoms with Crippen molar-refractivity contribution < 1.29 is 4.42 Å². The van der Waals surface area contributed by atoms with Gasteiger partial charge in [0.2, 0.25) is 0 Å². The van der Waals surface area contributed by atoms with E-state index >= 15 is 0 Å². The Bertz CT molecular complexity index is 1520. The van der Waals surface area contributed by atoms with Crippen LogP contribution in [0.4, 0.5) is 0 Å². The fourth-order valence-electron chi connectivity index (χ4n) is 4.51. The number of hydrogen-bond donors (Lipinski definition) is 0. The van der Waals surface area contributed by atoms with Crippen LogP contribution in [0.15, 0.2) is 95.4 Å². The van der Waals surface area contributed by atoms with Gasteiger partial charge in [-0.05, 0) is 66.8 Å². The Morgan fingerprint density at radius 2 is 1.34 bits per heavy atom. The summed E-state index contributed by atoms with van der Waals surface area (Å²) >= 11 is 0. The van der Waals surface area contributed by atoms with Crippen molar-refractivity contribution in [3.8, 4) is 11.3 Å². The molecule has 32 heavy (non-hydrogen) atoms. The maximum atomic E-state index is 5.98. The first kappa shape index (κ1) is 18.8.